The van der Waals surface area contributed by atoms with E-state index in [9.17, 15) is 4.79 Å². The van der Waals surface area contributed by atoms with E-state index in [1.165, 1.54) is 25.7 Å². The summed E-state index contributed by atoms with van der Waals surface area (Å²) in [5.74, 6) is 0.0229. The van der Waals surface area contributed by atoms with Gasteiger partial charge in [-0.1, -0.05) is 40.9 Å². The van der Waals surface area contributed by atoms with Crippen molar-refractivity contribution in [2.45, 2.75) is 38.0 Å². The lowest BCUT2D eigenvalue weighted by molar-refractivity contribution is -0.137. The van der Waals surface area contributed by atoms with Gasteiger partial charge in [0.2, 0.25) is 0 Å². The molecule has 0 heterocycles. The maximum Gasteiger partial charge on any atom is 0.303 e. The molecule has 1 atom stereocenters. The van der Waals surface area contributed by atoms with Gasteiger partial charge in [-0.15, -0.1) is 0 Å². The molecule has 1 aliphatic carbocycles. The van der Waals surface area contributed by atoms with Crippen molar-refractivity contribution >= 4 is 21.9 Å². The third kappa shape index (κ3) is 3.32. The molecule has 92 valence electrons. The van der Waals surface area contributed by atoms with Crippen LogP contribution >= 0.6 is 15.9 Å². The van der Waals surface area contributed by atoms with Crippen molar-refractivity contribution in [3.8, 4) is 0 Å². The monoisotopic (exact) mass is 296 g/mol. The molecule has 3 heteroatoms. The number of carboxylic acids is 1. The summed E-state index contributed by atoms with van der Waals surface area (Å²) in [4.78, 5) is 11.0. The van der Waals surface area contributed by atoms with Gasteiger partial charge in [0.1, 0.15) is 0 Å². The topological polar surface area (TPSA) is 37.3 Å². The smallest absolute Gasteiger partial charge is 0.303 e. The fraction of sp³-hybridized carbons (Fsp3) is 0.500. The lowest BCUT2D eigenvalue weighted by Gasteiger charge is -2.22. The number of hydrogen-bond donors (Lipinski definition) is 1. The van der Waals surface area contributed by atoms with Gasteiger partial charge in [-0.25, -0.2) is 0 Å². The Morgan fingerprint density at radius 1 is 1.41 bits per heavy atom. The highest BCUT2D eigenvalue weighted by atomic mass is 79.9. The molecule has 0 saturated heterocycles. The van der Waals surface area contributed by atoms with Crippen molar-refractivity contribution in [2.24, 2.45) is 5.92 Å². The van der Waals surface area contributed by atoms with Crippen molar-refractivity contribution in [1.29, 1.82) is 0 Å². The van der Waals surface area contributed by atoms with Gasteiger partial charge >= 0.3 is 5.97 Å². The van der Waals surface area contributed by atoms with E-state index in [2.05, 4.69) is 28.1 Å². The first kappa shape index (κ1) is 12.6. The van der Waals surface area contributed by atoms with Crippen LogP contribution in [0.5, 0.6) is 0 Å². The molecule has 1 aliphatic rings. The van der Waals surface area contributed by atoms with Crippen LogP contribution in [0.1, 0.15) is 43.6 Å². The summed E-state index contributed by atoms with van der Waals surface area (Å²) in [5.41, 5.74) is 1.16. The summed E-state index contributed by atoms with van der Waals surface area (Å²) in [6, 6.07) is 8.09. The molecule has 1 aromatic carbocycles. The minimum absolute atomic E-state index is 0.174. The zero-order valence-electron chi connectivity index (χ0n) is 9.73. The Morgan fingerprint density at radius 3 is 2.71 bits per heavy atom. The second kappa shape index (κ2) is 5.67. The summed E-state index contributed by atoms with van der Waals surface area (Å²) in [6.45, 7) is 0. The molecule has 1 unspecified atom stereocenters. The van der Waals surface area contributed by atoms with E-state index < -0.39 is 5.97 Å². The SMILES string of the molecule is O=C(O)CC(c1cccc(Br)c1)C1CCCC1. The quantitative estimate of drug-likeness (QED) is 0.904. The van der Waals surface area contributed by atoms with E-state index in [4.69, 9.17) is 5.11 Å². The number of benzene rings is 1. The van der Waals surface area contributed by atoms with Crippen molar-refractivity contribution < 1.29 is 9.90 Å². The van der Waals surface area contributed by atoms with Gasteiger partial charge in [-0.3, -0.25) is 4.79 Å². The second-order valence-corrected chi connectivity index (χ2v) is 5.72. The molecule has 1 N–H and O–H groups in total. The van der Waals surface area contributed by atoms with Crippen LogP contribution in [0.15, 0.2) is 28.7 Å². The van der Waals surface area contributed by atoms with Crippen LogP contribution in [-0.2, 0) is 4.79 Å². The van der Waals surface area contributed by atoms with Gasteiger partial charge in [0.05, 0.1) is 6.42 Å². The molecular formula is C14H17BrO2. The molecule has 0 amide bonds. The molecule has 0 aliphatic heterocycles. The Kier molecular flexibility index (Phi) is 4.21. The van der Waals surface area contributed by atoms with Crippen LogP contribution in [0.2, 0.25) is 0 Å². The molecule has 2 nitrogen and oxygen atoms in total. The predicted molar refractivity (Wildman–Crippen MR) is 71.1 cm³/mol. The van der Waals surface area contributed by atoms with E-state index in [1.54, 1.807) is 0 Å². The fourth-order valence-electron chi connectivity index (χ4n) is 2.84. The Labute approximate surface area is 110 Å². The molecule has 0 radical (unpaired) electrons. The Morgan fingerprint density at radius 2 is 2.12 bits per heavy atom. The van der Waals surface area contributed by atoms with Gasteiger partial charge in [-0.05, 0) is 42.4 Å². The summed E-state index contributed by atoms with van der Waals surface area (Å²) in [7, 11) is 0. The number of aliphatic carboxylic acids is 1. The van der Waals surface area contributed by atoms with Crippen LogP contribution in [0.4, 0.5) is 0 Å². The van der Waals surface area contributed by atoms with Crippen LogP contribution in [-0.4, -0.2) is 11.1 Å². The Balaban J connectivity index is 2.22. The summed E-state index contributed by atoms with van der Waals surface area (Å²) in [6.07, 6.45) is 5.08. The van der Waals surface area contributed by atoms with Gasteiger partial charge in [-0.2, -0.15) is 0 Å². The molecule has 17 heavy (non-hydrogen) atoms. The predicted octanol–water partition coefficient (Wildman–Crippen LogP) is 4.20. The van der Waals surface area contributed by atoms with Crippen LogP contribution in [0, 0.1) is 5.92 Å². The highest BCUT2D eigenvalue weighted by Crippen LogP contribution is 2.39. The second-order valence-electron chi connectivity index (χ2n) is 4.80. The number of rotatable bonds is 4. The minimum atomic E-state index is -0.693. The average Bonchev–Trinajstić information content (AvgIpc) is 2.79. The Bertz CT molecular complexity index is 397. The van der Waals surface area contributed by atoms with Crippen LogP contribution in [0.25, 0.3) is 0 Å². The number of halogens is 1. The standard InChI is InChI=1S/C14H17BrO2/c15-12-7-3-6-11(8-12)13(9-14(16)17)10-4-1-2-5-10/h3,6-8,10,13H,1-2,4-5,9H2,(H,16,17). The molecular weight excluding hydrogens is 280 g/mol. The van der Waals surface area contributed by atoms with E-state index in [0.29, 0.717) is 5.92 Å². The van der Waals surface area contributed by atoms with E-state index >= 15 is 0 Å². The molecule has 1 saturated carbocycles. The first-order valence-electron chi connectivity index (χ1n) is 6.14. The summed E-state index contributed by atoms with van der Waals surface area (Å²) < 4.78 is 1.03. The fourth-order valence-corrected chi connectivity index (χ4v) is 3.26. The zero-order chi connectivity index (χ0) is 12.3. The number of carboxylic acid groups (broad SMARTS) is 1. The molecule has 0 aromatic heterocycles. The van der Waals surface area contributed by atoms with Crippen molar-refractivity contribution in [3.05, 3.63) is 34.3 Å². The first-order valence-corrected chi connectivity index (χ1v) is 6.93. The number of carbonyl (C=O) groups is 1. The normalized spacial score (nSPS) is 18.2. The van der Waals surface area contributed by atoms with E-state index in [-0.39, 0.29) is 12.3 Å². The molecule has 0 spiro atoms. The largest absolute Gasteiger partial charge is 0.481 e. The van der Waals surface area contributed by atoms with Gasteiger partial charge in [0.25, 0.3) is 0 Å². The third-order valence-corrected chi connectivity index (χ3v) is 4.13. The minimum Gasteiger partial charge on any atom is -0.481 e. The van der Waals surface area contributed by atoms with Crippen LogP contribution < -0.4 is 0 Å². The van der Waals surface area contributed by atoms with Crippen molar-refractivity contribution in [3.63, 3.8) is 0 Å². The first-order chi connectivity index (χ1) is 8.16. The molecule has 2 rings (SSSR count). The van der Waals surface area contributed by atoms with Gasteiger partial charge in [0, 0.05) is 4.47 Å². The van der Waals surface area contributed by atoms with Crippen molar-refractivity contribution in [2.75, 3.05) is 0 Å². The highest BCUT2D eigenvalue weighted by molar-refractivity contribution is 9.10. The molecule has 0 bridgehead atoms. The zero-order valence-corrected chi connectivity index (χ0v) is 11.3. The highest BCUT2D eigenvalue weighted by Gasteiger charge is 2.28. The average molecular weight is 297 g/mol. The Hall–Kier alpha value is -0.830. The van der Waals surface area contributed by atoms with Crippen LogP contribution in [0.3, 0.4) is 0 Å². The lowest BCUT2D eigenvalue weighted by Crippen LogP contribution is -2.14. The van der Waals surface area contributed by atoms with E-state index in [0.717, 1.165) is 10.0 Å². The number of hydrogen-bond acceptors (Lipinski definition) is 1. The maximum absolute atomic E-state index is 11.0. The van der Waals surface area contributed by atoms with Crippen molar-refractivity contribution in [1.82, 2.24) is 0 Å². The molecule has 1 aromatic rings. The summed E-state index contributed by atoms with van der Waals surface area (Å²) in [5, 5.41) is 9.06. The lowest BCUT2D eigenvalue weighted by atomic mass is 9.82. The van der Waals surface area contributed by atoms with Gasteiger partial charge in [0.15, 0.2) is 0 Å². The molecule has 1 fully saturated rings. The summed E-state index contributed by atoms with van der Waals surface area (Å²) >= 11 is 3.46. The third-order valence-electron chi connectivity index (χ3n) is 3.64. The van der Waals surface area contributed by atoms with Gasteiger partial charge < -0.3 is 5.11 Å². The van der Waals surface area contributed by atoms with E-state index in [1.807, 2.05) is 12.1 Å². The maximum atomic E-state index is 11.0.